The van der Waals surface area contributed by atoms with E-state index in [0.29, 0.717) is 5.91 Å². The van der Waals surface area contributed by atoms with Gasteiger partial charge < -0.3 is 14.5 Å². The number of ether oxygens (including phenoxy) is 1. The van der Waals surface area contributed by atoms with Crippen LogP contribution < -0.4 is 9.64 Å². The van der Waals surface area contributed by atoms with Gasteiger partial charge in [0, 0.05) is 32.6 Å². The molecule has 0 unspecified atom stereocenters. The number of anilines is 1. The number of para-hydroxylation sites is 3. The molecule has 162 valence electrons. The third-order valence-corrected chi connectivity index (χ3v) is 7.87. The number of amides is 1. The van der Waals surface area contributed by atoms with Gasteiger partial charge in [0.2, 0.25) is 5.91 Å². The molecule has 2 aromatic carbocycles. The molecule has 0 radical (unpaired) electrons. The number of aromatic nitrogens is 1. The Kier molecular flexibility index (Phi) is 5.57. The van der Waals surface area contributed by atoms with Gasteiger partial charge >= 0.3 is 0 Å². The van der Waals surface area contributed by atoms with Crippen molar-refractivity contribution in [1.29, 1.82) is 0 Å². The van der Waals surface area contributed by atoms with Crippen molar-refractivity contribution in [2.75, 3.05) is 38.2 Å². The fraction of sp³-hybridized carbons (Fsp3) is 0.440. The summed E-state index contributed by atoms with van der Waals surface area (Å²) in [5.74, 6) is 1.23. The molecule has 1 aromatic heterocycles. The minimum atomic E-state index is -0.277. The number of nitrogens with zero attached hydrogens (tertiary/aromatic N) is 3. The van der Waals surface area contributed by atoms with Crippen LogP contribution in [0.1, 0.15) is 30.7 Å². The number of fused-ring (bicyclic) bond motifs is 1. The van der Waals surface area contributed by atoms with E-state index in [-0.39, 0.29) is 5.41 Å². The van der Waals surface area contributed by atoms with E-state index in [2.05, 4.69) is 34.1 Å². The molecular formula is C25H29N3O2S. The molecule has 2 heterocycles. The summed E-state index contributed by atoms with van der Waals surface area (Å²) in [5.41, 5.74) is 1.89. The quantitative estimate of drug-likeness (QED) is 0.580. The van der Waals surface area contributed by atoms with E-state index in [4.69, 9.17) is 9.72 Å². The molecule has 1 aliphatic carbocycles. The first kappa shape index (κ1) is 20.3. The fourth-order valence-corrected chi connectivity index (χ4v) is 6.29. The maximum absolute atomic E-state index is 13.8. The van der Waals surface area contributed by atoms with Crippen LogP contribution in [0.5, 0.6) is 5.75 Å². The Labute approximate surface area is 187 Å². The largest absolute Gasteiger partial charge is 0.495 e. The molecule has 2 fully saturated rings. The van der Waals surface area contributed by atoms with Crippen molar-refractivity contribution < 1.29 is 9.53 Å². The van der Waals surface area contributed by atoms with Crippen LogP contribution in [0.2, 0.25) is 0 Å². The van der Waals surface area contributed by atoms with E-state index in [1.54, 1.807) is 18.4 Å². The number of carbonyl (C=O) groups excluding carboxylic acids is 1. The standard InChI is InChI=1S/C25H29N3O2S/c1-30-21-10-4-3-9-20(21)27-14-16-28(17-15-27)24(29)25(12-6-7-13-25)18-23-26-19-8-2-5-11-22(19)31-23/h2-5,8-11H,6-7,12-18H2,1H3. The van der Waals surface area contributed by atoms with Crippen LogP contribution in [0, 0.1) is 5.41 Å². The van der Waals surface area contributed by atoms with Crippen molar-refractivity contribution in [2.24, 2.45) is 5.41 Å². The fourth-order valence-electron chi connectivity index (χ4n) is 5.18. The van der Waals surface area contributed by atoms with Gasteiger partial charge in [0.25, 0.3) is 0 Å². The van der Waals surface area contributed by atoms with Crippen LogP contribution in [0.25, 0.3) is 10.2 Å². The number of methoxy groups -OCH3 is 1. The van der Waals surface area contributed by atoms with Crippen LogP contribution in [0.4, 0.5) is 5.69 Å². The second-order valence-electron chi connectivity index (χ2n) is 8.69. The number of benzene rings is 2. The molecule has 1 aliphatic heterocycles. The molecule has 2 aliphatic rings. The Hall–Kier alpha value is -2.60. The first-order valence-electron chi connectivity index (χ1n) is 11.2. The molecule has 0 bridgehead atoms. The van der Waals surface area contributed by atoms with Gasteiger partial charge in [-0.25, -0.2) is 4.98 Å². The number of carbonyl (C=O) groups is 1. The van der Waals surface area contributed by atoms with E-state index in [1.807, 2.05) is 24.3 Å². The third kappa shape index (κ3) is 3.89. The van der Waals surface area contributed by atoms with E-state index in [9.17, 15) is 4.79 Å². The highest BCUT2D eigenvalue weighted by molar-refractivity contribution is 7.18. The summed E-state index contributed by atoms with van der Waals surface area (Å²) in [5, 5.41) is 1.10. The van der Waals surface area contributed by atoms with Gasteiger partial charge in [0.05, 0.1) is 33.4 Å². The first-order chi connectivity index (χ1) is 15.2. The second kappa shape index (κ2) is 8.50. The molecule has 3 aromatic rings. The highest BCUT2D eigenvalue weighted by atomic mass is 32.1. The summed E-state index contributed by atoms with van der Waals surface area (Å²) < 4.78 is 6.75. The van der Waals surface area contributed by atoms with Crippen molar-refractivity contribution in [2.45, 2.75) is 32.1 Å². The SMILES string of the molecule is COc1ccccc1N1CCN(C(=O)C2(Cc3nc4ccccc4s3)CCCC2)CC1. The Bertz CT molecular complexity index is 1030. The molecule has 1 saturated heterocycles. The molecule has 0 atom stereocenters. The minimum absolute atomic E-state index is 0.277. The van der Waals surface area contributed by atoms with E-state index < -0.39 is 0 Å². The van der Waals surface area contributed by atoms with Crippen LogP contribution in [0.15, 0.2) is 48.5 Å². The number of rotatable bonds is 5. The topological polar surface area (TPSA) is 45.7 Å². The highest BCUT2D eigenvalue weighted by Gasteiger charge is 2.44. The van der Waals surface area contributed by atoms with Gasteiger partial charge in [-0.15, -0.1) is 11.3 Å². The van der Waals surface area contributed by atoms with Crippen molar-refractivity contribution in [1.82, 2.24) is 9.88 Å². The number of thiazole rings is 1. The zero-order valence-corrected chi connectivity index (χ0v) is 18.9. The van der Waals surface area contributed by atoms with Gasteiger partial charge in [-0.05, 0) is 37.1 Å². The molecule has 1 amide bonds. The number of hydrogen-bond acceptors (Lipinski definition) is 5. The van der Waals surface area contributed by atoms with Crippen LogP contribution in [-0.2, 0) is 11.2 Å². The lowest BCUT2D eigenvalue weighted by atomic mass is 9.81. The molecule has 5 rings (SSSR count). The highest BCUT2D eigenvalue weighted by Crippen LogP contribution is 2.44. The Morgan fingerprint density at radius 2 is 1.74 bits per heavy atom. The number of hydrogen-bond donors (Lipinski definition) is 0. The molecule has 5 nitrogen and oxygen atoms in total. The summed E-state index contributed by atoms with van der Waals surface area (Å²) in [6.45, 7) is 3.20. The van der Waals surface area contributed by atoms with Crippen LogP contribution in [0.3, 0.4) is 0 Å². The van der Waals surface area contributed by atoms with Crippen molar-refractivity contribution >= 4 is 33.1 Å². The molecule has 31 heavy (non-hydrogen) atoms. The second-order valence-corrected chi connectivity index (χ2v) is 9.81. The van der Waals surface area contributed by atoms with Gasteiger partial charge in [0.15, 0.2) is 0 Å². The normalized spacial score (nSPS) is 18.5. The van der Waals surface area contributed by atoms with Gasteiger partial charge in [-0.3, -0.25) is 4.79 Å². The zero-order chi connectivity index (χ0) is 21.3. The van der Waals surface area contributed by atoms with Gasteiger partial charge in [-0.1, -0.05) is 37.1 Å². The average molecular weight is 436 g/mol. The van der Waals surface area contributed by atoms with E-state index in [1.165, 1.54) is 4.70 Å². The van der Waals surface area contributed by atoms with Crippen LogP contribution in [-0.4, -0.2) is 49.1 Å². The molecule has 1 saturated carbocycles. The maximum atomic E-state index is 13.8. The van der Waals surface area contributed by atoms with Crippen molar-refractivity contribution in [3.63, 3.8) is 0 Å². The monoisotopic (exact) mass is 435 g/mol. The maximum Gasteiger partial charge on any atom is 0.229 e. The Morgan fingerprint density at radius 3 is 2.48 bits per heavy atom. The van der Waals surface area contributed by atoms with E-state index in [0.717, 1.165) is 80.2 Å². The lowest BCUT2D eigenvalue weighted by Gasteiger charge is -2.40. The summed E-state index contributed by atoms with van der Waals surface area (Å²) in [4.78, 5) is 23.0. The van der Waals surface area contributed by atoms with E-state index >= 15 is 0 Å². The Morgan fingerprint density at radius 1 is 1.03 bits per heavy atom. The Balaban J connectivity index is 1.31. The summed E-state index contributed by atoms with van der Waals surface area (Å²) >= 11 is 1.74. The molecule has 0 spiro atoms. The lowest BCUT2D eigenvalue weighted by Crippen LogP contribution is -2.53. The first-order valence-corrected chi connectivity index (χ1v) is 12.0. The predicted molar refractivity (Wildman–Crippen MR) is 126 cm³/mol. The predicted octanol–water partition coefficient (Wildman–Crippen LogP) is 4.76. The smallest absolute Gasteiger partial charge is 0.229 e. The molecule has 0 N–H and O–H groups in total. The summed E-state index contributed by atoms with van der Waals surface area (Å²) in [6.07, 6.45) is 5.01. The molecule has 6 heteroatoms. The average Bonchev–Trinajstić information content (AvgIpc) is 3.46. The summed E-state index contributed by atoms with van der Waals surface area (Å²) in [6, 6.07) is 16.4. The van der Waals surface area contributed by atoms with Crippen molar-refractivity contribution in [3.05, 3.63) is 53.5 Å². The minimum Gasteiger partial charge on any atom is -0.495 e. The summed E-state index contributed by atoms with van der Waals surface area (Å²) in [7, 11) is 1.71. The van der Waals surface area contributed by atoms with Gasteiger partial charge in [0.1, 0.15) is 5.75 Å². The van der Waals surface area contributed by atoms with Crippen molar-refractivity contribution in [3.8, 4) is 5.75 Å². The molecular weight excluding hydrogens is 406 g/mol. The third-order valence-electron chi connectivity index (χ3n) is 6.83. The lowest BCUT2D eigenvalue weighted by molar-refractivity contribution is -0.142. The number of piperazine rings is 1. The van der Waals surface area contributed by atoms with Crippen LogP contribution >= 0.6 is 11.3 Å². The zero-order valence-electron chi connectivity index (χ0n) is 18.0. The van der Waals surface area contributed by atoms with Gasteiger partial charge in [-0.2, -0.15) is 0 Å².